The highest BCUT2D eigenvalue weighted by Gasteiger charge is 2.31. The molecule has 0 aromatic carbocycles. The Morgan fingerprint density at radius 3 is 1.75 bits per heavy atom. The van der Waals surface area contributed by atoms with Crippen LogP contribution in [0.5, 0.6) is 0 Å². The third kappa shape index (κ3) is 5.37. The molecule has 0 saturated heterocycles. The second-order valence-electron chi connectivity index (χ2n) is 6.47. The van der Waals surface area contributed by atoms with E-state index in [0.717, 1.165) is 17.8 Å². The minimum absolute atomic E-state index is 1.07. The van der Waals surface area contributed by atoms with E-state index >= 15 is 0 Å². The van der Waals surface area contributed by atoms with Crippen molar-refractivity contribution in [2.75, 3.05) is 0 Å². The topological polar surface area (TPSA) is 0 Å². The predicted molar refractivity (Wildman–Crippen MR) is 71.5 cm³/mol. The average molecular weight is 222 g/mol. The summed E-state index contributed by atoms with van der Waals surface area (Å²) in [6.07, 6.45) is 18.2. The van der Waals surface area contributed by atoms with Gasteiger partial charge in [0.15, 0.2) is 0 Å². The molecule has 0 radical (unpaired) electrons. The molecule has 16 heavy (non-hydrogen) atoms. The number of hydrogen-bond acceptors (Lipinski definition) is 0. The molecule has 0 aromatic rings. The fraction of sp³-hybridized carbons (Fsp3) is 1.00. The molecule has 0 bridgehead atoms. The van der Waals surface area contributed by atoms with Crippen LogP contribution in [0.4, 0.5) is 0 Å². The Balaban J connectivity index is 1.25. The molecule has 0 N–H and O–H groups in total. The first-order valence-electron chi connectivity index (χ1n) is 7.86. The fourth-order valence-corrected chi connectivity index (χ4v) is 2.93. The van der Waals surface area contributed by atoms with Crippen molar-refractivity contribution in [2.45, 2.75) is 84.0 Å². The van der Waals surface area contributed by atoms with Crippen LogP contribution in [0.3, 0.4) is 0 Å². The lowest BCUT2D eigenvalue weighted by Gasteiger charge is -2.02. The van der Waals surface area contributed by atoms with Crippen molar-refractivity contribution in [1.29, 1.82) is 0 Å². The van der Waals surface area contributed by atoms with Crippen LogP contribution in [0.25, 0.3) is 0 Å². The molecule has 0 nitrogen and oxygen atoms in total. The minimum atomic E-state index is 1.07. The Bertz CT molecular complexity index is 180. The summed E-state index contributed by atoms with van der Waals surface area (Å²) in [7, 11) is 0. The van der Waals surface area contributed by atoms with Crippen molar-refractivity contribution >= 4 is 0 Å². The maximum absolute atomic E-state index is 2.41. The Hall–Kier alpha value is 0. The lowest BCUT2D eigenvalue weighted by atomic mass is 10.0. The number of hydrogen-bond donors (Lipinski definition) is 0. The molecule has 2 aliphatic rings. The van der Waals surface area contributed by atoms with Gasteiger partial charge < -0.3 is 0 Å². The van der Waals surface area contributed by atoms with Gasteiger partial charge in [-0.25, -0.2) is 0 Å². The van der Waals surface area contributed by atoms with Gasteiger partial charge in [-0.15, -0.1) is 0 Å². The Labute approximate surface area is 102 Å². The first-order chi connectivity index (χ1) is 7.86. The van der Waals surface area contributed by atoms with Gasteiger partial charge >= 0.3 is 0 Å². The van der Waals surface area contributed by atoms with Gasteiger partial charge in [-0.2, -0.15) is 0 Å². The first kappa shape index (κ1) is 12.5. The summed E-state index contributed by atoms with van der Waals surface area (Å²) in [5.74, 6) is 3.35. The van der Waals surface area contributed by atoms with E-state index in [1.165, 1.54) is 57.8 Å². The van der Waals surface area contributed by atoms with E-state index in [4.69, 9.17) is 0 Å². The summed E-state index contributed by atoms with van der Waals surface area (Å²) in [5.41, 5.74) is 0. The summed E-state index contributed by atoms with van der Waals surface area (Å²) in [4.78, 5) is 0. The monoisotopic (exact) mass is 222 g/mol. The van der Waals surface area contributed by atoms with E-state index < -0.39 is 0 Å². The summed E-state index contributed by atoms with van der Waals surface area (Å²) in [5, 5.41) is 0. The summed E-state index contributed by atoms with van der Waals surface area (Å²) in [6, 6.07) is 0. The first-order valence-corrected chi connectivity index (χ1v) is 7.86. The third-order valence-electron chi connectivity index (χ3n) is 4.66. The zero-order chi connectivity index (χ0) is 11.2. The van der Waals surface area contributed by atoms with Crippen molar-refractivity contribution in [3.63, 3.8) is 0 Å². The van der Waals surface area contributed by atoms with Gasteiger partial charge in [-0.3, -0.25) is 0 Å². The standard InChI is InChI=1S/C16H30/c1-14-13-16(14)10-8-6-4-2-3-5-7-9-15-11-12-15/h14-16H,2-13H2,1H3. The minimum Gasteiger partial charge on any atom is -0.0622 e. The van der Waals surface area contributed by atoms with Gasteiger partial charge in [-0.05, 0) is 24.2 Å². The van der Waals surface area contributed by atoms with Gasteiger partial charge in [0.1, 0.15) is 0 Å². The smallest absolute Gasteiger partial charge is 0.0386 e. The molecular weight excluding hydrogens is 192 g/mol. The normalized spacial score (nSPS) is 28.3. The molecule has 0 aliphatic heterocycles. The van der Waals surface area contributed by atoms with Crippen LogP contribution in [0, 0.1) is 17.8 Å². The molecule has 2 aliphatic carbocycles. The molecule has 0 spiro atoms. The Morgan fingerprint density at radius 1 is 0.750 bits per heavy atom. The summed E-state index contributed by atoms with van der Waals surface area (Å²) < 4.78 is 0. The molecule has 2 rings (SSSR count). The average Bonchev–Trinajstić information content (AvgIpc) is 3.15. The van der Waals surface area contributed by atoms with Crippen LogP contribution in [0.15, 0.2) is 0 Å². The maximum Gasteiger partial charge on any atom is -0.0386 e. The van der Waals surface area contributed by atoms with E-state index in [-0.39, 0.29) is 0 Å². The Kier molecular flexibility index (Phi) is 5.19. The van der Waals surface area contributed by atoms with Gasteiger partial charge in [0.25, 0.3) is 0 Å². The molecule has 2 fully saturated rings. The third-order valence-corrected chi connectivity index (χ3v) is 4.66. The van der Waals surface area contributed by atoms with E-state index in [9.17, 15) is 0 Å². The van der Waals surface area contributed by atoms with Crippen LogP contribution in [-0.4, -0.2) is 0 Å². The predicted octanol–water partition coefficient (Wildman–Crippen LogP) is 5.56. The van der Waals surface area contributed by atoms with Crippen LogP contribution < -0.4 is 0 Å². The molecule has 94 valence electrons. The van der Waals surface area contributed by atoms with Crippen molar-refractivity contribution in [3.05, 3.63) is 0 Å². The van der Waals surface area contributed by atoms with Crippen LogP contribution in [-0.2, 0) is 0 Å². The lowest BCUT2D eigenvalue weighted by Crippen LogP contribution is -1.84. The van der Waals surface area contributed by atoms with Gasteiger partial charge in [0.05, 0.1) is 0 Å². The fourth-order valence-electron chi connectivity index (χ4n) is 2.93. The SMILES string of the molecule is CC1CC1CCCCCCCCCC1CC1. The zero-order valence-corrected chi connectivity index (χ0v) is 11.2. The van der Waals surface area contributed by atoms with Crippen molar-refractivity contribution in [3.8, 4) is 0 Å². The molecule has 0 amide bonds. The molecule has 2 atom stereocenters. The maximum atomic E-state index is 2.41. The molecule has 0 aromatic heterocycles. The van der Waals surface area contributed by atoms with Crippen LogP contribution in [0.2, 0.25) is 0 Å². The Morgan fingerprint density at radius 2 is 1.25 bits per heavy atom. The van der Waals surface area contributed by atoms with Crippen LogP contribution in [0.1, 0.15) is 84.0 Å². The largest absolute Gasteiger partial charge is 0.0622 e. The lowest BCUT2D eigenvalue weighted by molar-refractivity contribution is 0.531. The second kappa shape index (κ2) is 6.67. The molecule has 0 heterocycles. The van der Waals surface area contributed by atoms with Crippen molar-refractivity contribution < 1.29 is 0 Å². The van der Waals surface area contributed by atoms with E-state index in [1.54, 1.807) is 19.3 Å². The molecule has 2 unspecified atom stereocenters. The van der Waals surface area contributed by atoms with E-state index in [0.29, 0.717) is 0 Å². The van der Waals surface area contributed by atoms with Gasteiger partial charge in [0.2, 0.25) is 0 Å². The highest BCUT2D eigenvalue weighted by molar-refractivity contribution is 4.81. The highest BCUT2D eigenvalue weighted by Crippen LogP contribution is 2.41. The quantitative estimate of drug-likeness (QED) is 0.424. The van der Waals surface area contributed by atoms with Crippen molar-refractivity contribution in [2.24, 2.45) is 17.8 Å². The zero-order valence-electron chi connectivity index (χ0n) is 11.2. The van der Waals surface area contributed by atoms with Gasteiger partial charge in [-0.1, -0.05) is 77.6 Å². The van der Waals surface area contributed by atoms with Crippen molar-refractivity contribution in [1.82, 2.24) is 0 Å². The van der Waals surface area contributed by atoms with Crippen LogP contribution >= 0.6 is 0 Å². The van der Waals surface area contributed by atoms with Gasteiger partial charge in [0, 0.05) is 0 Å². The highest BCUT2D eigenvalue weighted by atomic mass is 14.4. The molecular formula is C16H30. The van der Waals surface area contributed by atoms with E-state index in [2.05, 4.69) is 6.92 Å². The number of rotatable bonds is 10. The molecule has 0 heteroatoms. The summed E-state index contributed by atoms with van der Waals surface area (Å²) >= 11 is 0. The second-order valence-corrected chi connectivity index (χ2v) is 6.47. The molecule has 2 saturated carbocycles. The summed E-state index contributed by atoms with van der Waals surface area (Å²) in [6.45, 7) is 2.41. The van der Waals surface area contributed by atoms with E-state index in [1.807, 2.05) is 0 Å². The number of unbranched alkanes of at least 4 members (excludes halogenated alkanes) is 6.